The van der Waals surface area contributed by atoms with E-state index >= 15 is 0 Å². The van der Waals surface area contributed by atoms with Gasteiger partial charge in [0.2, 0.25) is 0 Å². The van der Waals surface area contributed by atoms with Crippen LogP contribution in [0.2, 0.25) is 0 Å². The van der Waals surface area contributed by atoms with Crippen LogP contribution in [0.3, 0.4) is 0 Å². The number of rotatable bonds is 14. The van der Waals surface area contributed by atoms with Crippen molar-refractivity contribution in [3.05, 3.63) is 70.9 Å². The second-order valence-corrected chi connectivity index (χ2v) is 9.27. The number of aryl methyl sites for hydroxylation is 1. The van der Waals surface area contributed by atoms with Gasteiger partial charge in [0.1, 0.15) is 5.75 Å². The van der Waals surface area contributed by atoms with E-state index in [1.54, 1.807) is 7.11 Å². The summed E-state index contributed by atoms with van der Waals surface area (Å²) in [6.07, 6.45) is 4.53. The minimum Gasteiger partial charge on any atom is -0.496 e. The molecule has 3 rings (SSSR count). The third-order valence-electron chi connectivity index (χ3n) is 5.28. The van der Waals surface area contributed by atoms with Crippen molar-refractivity contribution in [3.63, 3.8) is 0 Å². The minimum atomic E-state index is -2.74. The topological polar surface area (TPSA) is 162 Å². The molecule has 0 aliphatic carbocycles. The fourth-order valence-corrected chi connectivity index (χ4v) is 4.27. The van der Waals surface area contributed by atoms with Crippen LogP contribution < -0.4 is 4.74 Å². The Balaban J connectivity index is 0.000000317. The summed E-state index contributed by atoms with van der Waals surface area (Å²) in [6.45, 7) is 3.90. The van der Waals surface area contributed by atoms with Crippen LogP contribution in [0.5, 0.6) is 5.75 Å². The molecule has 0 bridgehead atoms. The Morgan fingerprint density at radius 2 is 1.76 bits per heavy atom. The molecule has 0 saturated heterocycles. The zero-order valence-electron chi connectivity index (χ0n) is 20.4. The molecule has 0 spiro atoms. The number of imidazole rings is 1. The van der Waals surface area contributed by atoms with E-state index in [1.165, 1.54) is 10.4 Å². The molecule has 2 heterocycles. The number of aliphatic carboxylic acids is 3. The van der Waals surface area contributed by atoms with Gasteiger partial charge in [0, 0.05) is 49.0 Å². The Kier molecular flexibility index (Phi) is 11.7. The fourth-order valence-electron chi connectivity index (χ4n) is 3.52. The second kappa shape index (κ2) is 14.7. The SMILES string of the molecule is COc1ccccc1CN(CCCn1ccnc1)Cc1cccs1.O=C(O)CC(O)(CC(=O)O)C(=O)O. The van der Waals surface area contributed by atoms with Crippen molar-refractivity contribution in [3.8, 4) is 5.75 Å². The number of carbonyl (C=O) groups is 3. The Bertz CT molecular complexity index is 1100. The molecule has 0 saturated carbocycles. The van der Waals surface area contributed by atoms with Crippen molar-refractivity contribution < 1.29 is 39.5 Å². The smallest absolute Gasteiger partial charge is 0.336 e. The average molecular weight is 534 g/mol. The van der Waals surface area contributed by atoms with Crippen LogP contribution in [0, 0.1) is 0 Å². The molecule has 0 radical (unpaired) electrons. The van der Waals surface area contributed by atoms with Gasteiger partial charge in [0.25, 0.3) is 0 Å². The molecule has 0 aliphatic rings. The monoisotopic (exact) mass is 533 g/mol. The fraction of sp³-hybridized carbons (Fsp3) is 0.360. The summed E-state index contributed by atoms with van der Waals surface area (Å²) in [5.74, 6) is -4.06. The first kappa shape index (κ1) is 29.5. The van der Waals surface area contributed by atoms with Gasteiger partial charge in [0.15, 0.2) is 5.60 Å². The van der Waals surface area contributed by atoms with E-state index in [-0.39, 0.29) is 0 Å². The molecule has 0 amide bonds. The maximum atomic E-state index is 10.3. The van der Waals surface area contributed by atoms with E-state index in [0.29, 0.717) is 0 Å². The van der Waals surface area contributed by atoms with E-state index < -0.39 is 36.4 Å². The minimum absolute atomic E-state index is 0.895. The Hall–Kier alpha value is -3.74. The number of thiophene rings is 1. The molecule has 1 aromatic carbocycles. The number of nitrogens with zero attached hydrogens (tertiary/aromatic N) is 3. The number of methoxy groups -OCH3 is 1. The summed E-state index contributed by atoms with van der Waals surface area (Å²) in [5, 5.41) is 36.0. The number of aliphatic hydroxyl groups is 1. The van der Waals surface area contributed by atoms with Gasteiger partial charge >= 0.3 is 17.9 Å². The van der Waals surface area contributed by atoms with Crippen molar-refractivity contribution >= 4 is 29.2 Å². The van der Waals surface area contributed by atoms with E-state index in [0.717, 1.165) is 38.3 Å². The summed E-state index contributed by atoms with van der Waals surface area (Å²) in [4.78, 5) is 38.5. The summed E-state index contributed by atoms with van der Waals surface area (Å²) < 4.78 is 7.64. The molecular weight excluding hydrogens is 502 g/mol. The first-order valence-electron chi connectivity index (χ1n) is 11.3. The summed E-state index contributed by atoms with van der Waals surface area (Å²) >= 11 is 1.81. The largest absolute Gasteiger partial charge is 0.496 e. The maximum absolute atomic E-state index is 10.3. The molecule has 0 fully saturated rings. The number of hydrogen-bond donors (Lipinski definition) is 4. The highest BCUT2D eigenvalue weighted by atomic mass is 32.1. The first-order chi connectivity index (χ1) is 17.6. The van der Waals surface area contributed by atoms with Crippen LogP contribution in [0.25, 0.3) is 0 Å². The van der Waals surface area contributed by atoms with Crippen LogP contribution >= 0.6 is 11.3 Å². The summed E-state index contributed by atoms with van der Waals surface area (Å²) in [7, 11) is 1.74. The van der Waals surface area contributed by atoms with Crippen LogP contribution in [0.1, 0.15) is 29.7 Å². The highest BCUT2D eigenvalue weighted by Gasteiger charge is 2.40. The van der Waals surface area contributed by atoms with E-state index in [2.05, 4.69) is 44.1 Å². The quantitative estimate of drug-likeness (QED) is 0.242. The number of ether oxygens (including phenoxy) is 1. The molecular formula is C25H31N3O8S. The Labute approximate surface area is 218 Å². The Morgan fingerprint density at radius 3 is 2.30 bits per heavy atom. The predicted molar refractivity (Wildman–Crippen MR) is 135 cm³/mol. The van der Waals surface area contributed by atoms with Crippen molar-refractivity contribution in [2.75, 3.05) is 13.7 Å². The molecule has 200 valence electrons. The van der Waals surface area contributed by atoms with Gasteiger partial charge in [0.05, 0.1) is 26.3 Å². The van der Waals surface area contributed by atoms with Gasteiger partial charge in [-0.2, -0.15) is 0 Å². The van der Waals surface area contributed by atoms with Crippen molar-refractivity contribution in [2.24, 2.45) is 0 Å². The van der Waals surface area contributed by atoms with Crippen LogP contribution in [0.15, 0.2) is 60.5 Å². The van der Waals surface area contributed by atoms with Crippen LogP contribution in [-0.2, 0) is 34.0 Å². The van der Waals surface area contributed by atoms with Crippen molar-refractivity contribution in [1.82, 2.24) is 14.5 Å². The zero-order valence-corrected chi connectivity index (χ0v) is 21.2. The van der Waals surface area contributed by atoms with Gasteiger partial charge in [-0.25, -0.2) is 9.78 Å². The third kappa shape index (κ3) is 10.4. The third-order valence-corrected chi connectivity index (χ3v) is 6.14. The highest BCUT2D eigenvalue weighted by molar-refractivity contribution is 7.09. The van der Waals surface area contributed by atoms with Crippen molar-refractivity contribution in [1.29, 1.82) is 0 Å². The summed E-state index contributed by atoms with van der Waals surface area (Å²) in [5.41, 5.74) is -1.50. The normalized spacial score (nSPS) is 11.0. The molecule has 12 heteroatoms. The van der Waals surface area contributed by atoms with Crippen LogP contribution in [0.4, 0.5) is 0 Å². The standard InChI is InChI=1S/C19H23N3OS.C6H8O7/c1-23-19-8-3-2-6-17(19)14-22(15-18-7-4-13-24-18)11-5-10-21-12-9-20-16-21;7-3(8)1-6(13,5(11)12)2-4(9)10/h2-4,6-9,12-13,16H,5,10-11,14-15H2,1H3;13H,1-2H2,(H,7,8)(H,9,10)(H,11,12). The average Bonchev–Trinajstić information content (AvgIpc) is 3.53. The molecule has 0 atom stereocenters. The van der Waals surface area contributed by atoms with Gasteiger partial charge in [-0.3, -0.25) is 14.5 Å². The second-order valence-electron chi connectivity index (χ2n) is 8.23. The molecule has 4 N–H and O–H groups in total. The number of carboxylic acids is 3. The van der Waals surface area contributed by atoms with E-state index in [9.17, 15) is 14.4 Å². The van der Waals surface area contributed by atoms with Gasteiger partial charge < -0.3 is 29.7 Å². The van der Waals surface area contributed by atoms with Crippen LogP contribution in [-0.4, -0.2) is 72.0 Å². The number of para-hydroxylation sites is 1. The lowest BCUT2D eigenvalue weighted by Gasteiger charge is -2.23. The first-order valence-corrected chi connectivity index (χ1v) is 12.2. The molecule has 11 nitrogen and oxygen atoms in total. The van der Waals surface area contributed by atoms with E-state index in [1.807, 2.05) is 42.2 Å². The van der Waals surface area contributed by atoms with Gasteiger partial charge in [-0.1, -0.05) is 24.3 Å². The molecule has 0 aliphatic heterocycles. The molecule has 3 aromatic rings. The lowest BCUT2D eigenvalue weighted by Crippen LogP contribution is -2.42. The molecule has 37 heavy (non-hydrogen) atoms. The van der Waals surface area contributed by atoms with Crippen molar-refractivity contribution in [2.45, 2.75) is 44.5 Å². The maximum Gasteiger partial charge on any atom is 0.336 e. The highest BCUT2D eigenvalue weighted by Crippen LogP contribution is 2.21. The van der Waals surface area contributed by atoms with Gasteiger partial charge in [-0.05, 0) is 23.9 Å². The van der Waals surface area contributed by atoms with E-state index in [4.69, 9.17) is 25.2 Å². The predicted octanol–water partition coefficient (Wildman–Crippen LogP) is 2.80. The lowest BCUT2D eigenvalue weighted by atomic mass is 9.96. The Morgan fingerprint density at radius 1 is 1.05 bits per heavy atom. The lowest BCUT2D eigenvalue weighted by molar-refractivity contribution is -0.170. The zero-order chi connectivity index (χ0) is 27.3. The number of hydrogen-bond acceptors (Lipinski definition) is 8. The number of carboxylic acid groups (broad SMARTS) is 3. The number of aromatic nitrogens is 2. The van der Waals surface area contributed by atoms with Gasteiger partial charge in [-0.15, -0.1) is 11.3 Å². The molecule has 2 aromatic heterocycles. The summed E-state index contributed by atoms with van der Waals surface area (Å²) in [6, 6.07) is 12.6. The number of benzene rings is 1. The molecule has 0 unspecified atom stereocenters.